The molecular weight excluding hydrogens is 448 g/mol. The lowest BCUT2D eigenvalue weighted by Crippen LogP contribution is -2.46. The monoisotopic (exact) mass is 471 g/mol. The van der Waals surface area contributed by atoms with Crippen LogP contribution in [0, 0.1) is 0 Å². The Labute approximate surface area is 186 Å². The molecule has 0 unspecified atom stereocenters. The molecule has 4 nitrogen and oxygen atoms in total. The van der Waals surface area contributed by atoms with E-state index >= 15 is 0 Å². The summed E-state index contributed by atoms with van der Waals surface area (Å²) in [6.07, 6.45) is -6.30. The Bertz CT molecular complexity index is 1120. The molecule has 1 saturated heterocycles. The van der Waals surface area contributed by atoms with Crippen LogP contribution >= 0.6 is 0 Å². The Morgan fingerprint density at radius 3 is 2.36 bits per heavy atom. The van der Waals surface area contributed by atoms with Crippen molar-refractivity contribution < 1.29 is 31.1 Å². The largest absolute Gasteiger partial charge is 0.492 e. The maximum atomic E-state index is 13.6. The van der Waals surface area contributed by atoms with E-state index in [1.165, 1.54) is 36.1 Å². The van der Waals surface area contributed by atoms with Crippen molar-refractivity contribution in [2.45, 2.75) is 50.1 Å². The van der Waals surface area contributed by atoms with Gasteiger partial charge in [-0.25, -0.2) is 4.98 Å². The Balaban J connectivity index is 1.49. The molecule has 0 saturated carbocycles. The summed E-state index contributed by atoms with van der Waals surface area (Å²) < 4.78 is 86.3. The second-order valence-electron chi connectivity index (χ2n) is 8.56. The van der Waals surface area contributed by atoms with Crippen LogP contribution in [0.5, 0.6) is 5.75 Å². The summed E-state index contributed by atoms with van der Waals surface area (Å²) in [6.45, 7) is 2.09. The molecule has 0 aliphatic carbocycles. The fourth-order valence-electron chi connectivity index (χ4n) is 4.50. The first kappa shape index (κ1) is 23.4. The van der Waals surface area contributed by atoms with E-state index in [1.807, 2.05) is 6.92 Å². The second-order valence-corrected chi connectivity index (χ2v) is 8.56. The third-order valence-corrected chi connectivity index (χ3v) is 5.98. The van der Waals surface area contributed by atoms with E-state index in [0.29, 0.717) is 6.42 Å². The van der Waals surface area contributed by atoms with Gasteiger partial charge >= 0.3 is 12.4 Å². The number of nitrogens with one attached hydrogen (secondary N) is 1. The first-order valence-corrected chi connectivity index (χ1v) is 10.5. The zero-order valence-electron chi connectivity index (χ0n) is 18.0. The van der Waals surface area contributed by atoms with Crippen LogP contribution in [0.25, 0.3) is 11.0 Å². The summed E-state index contributed by atoms with van der Waals surface area (Å²) in [4.78, 5) is 4.02. The van der Waals surface area contributed by atoms with Gasteiger partial charge in [0.15, 0.2) is 0 Å². The van der Waals surface area contributed by atoms with Gasteiger partial charge in [0, 0.05) is 25.2 Å². The highest BCUT2D eigenvalue weighted by atomic mass is 19.4. The van der Waals surface area contributed by atoms with Crippen molar-refractivity contribution in [3.8, 4) is 5.75 Å². The number of fused-ring (bicyclic) bond motifs is 1. The maximum Gasteiger partial charge on any atom is 0.418 e. The highest BCUT2D eigenvalue weighted by Gasteiger charge is 2.35. The highest BCUT2D eigenvalue weighted by molar-refractivity contribution is 5.81. The smallest absolute Gasteiger partial charge is 0.418 e. The summed E-state index contributed by atoms with van der Waals surface area (Å²) in [6, 6.07) is 7.50. The zero-order chi connectivity index (χ0) is 24.0. The van der Waals surface area contributed by atoms with Crippen LogP contribution in [0.15, 0.2) is 42.7 Å². The molecule has 178 valence electrons. The van der Waals surface area contributed by atoms with Crippen LogP contribution in [0.3, 0.4) is 0 Å². The molecule has 3 aromatic rings. The Kier molecular flexibility index (Phi) is 6.07. The number of nitrogens with zero attached hydrogens (tertiary/aromatic N) is 2. The third-order valence-electron chi connectivity index (χ3n) is 5.98. The number of halogens is 6. The van der Waals surface area contributed by atoms with E-state index in [-0.39, 0.29) is 41.4 Å². The number of benzene rings is 2. The maximum absolute atomic E-state index is 13.6. The topological polar surface area (TPSA) is 39.1 Å². The minimum absolute atomic E-state index is 0.0124. The molecule has 1 aromatic heterocycles. The molecule has 2 heterocycles. The van der Waals surface area contributed by atoms with Crippen molar-refractivity contribution in [2.75, 3.05) is 6.61 Å². The molecule has 0 amide bonds. The van der Waals surface area contributed by atoms with Crippen LogP contribution in [-0.2, 0) is 19.4 Å². The minimum Gasteiger partial charge on any atom is -0.492 e. The highest BCUT2D eigenvalue weighted by Crippen LogP contribution is 2.38. The van der Waals surface area contributed by atoms with E-state index in [1.54, 1.807) is 0 Å². The summed E-state index contributed by atoms with van der Waals surface area (Å²) in [5.41, 5.74) is -0.534. The van der Waals surface area contributed by atoms with Crippen LogP contribution in [0.1, 0.15) is 42.4 Å². The number of aromatic nitrogens is 2. The molecular formula is C23H23F6N3O. The lowest BCUT2D eigenvalue weighted by atomic mass is 9.83. The van der Waals surface area contributed by atoms with Gasteiger partial charge in [-0.05, 0) is 49.4 Å². The molecule has 1 N–H and O–H groups in total. The van der Waals surface area contributed by atoms with Crippen molar-refractivity contribution in [1.29, 1.82) is 0 Å². The third kappa shape index (κ3) is 5.10. The van der Waals surface area contributed by atoms with Crippen molar-refractivity contribution in [2.24, 2.45) is 7.05 Å². The molecule has 3 atom stereocenters. The van der Waals surface area contributed by atoms with E-state index in [4.69, 9.17) is 4.74 Å². The average Bonchev–Trinajstić information content (AvgIpc) is 3.11. The molecule has 1 aliphatic rings. The van der Waals surface area contributed by atoms with Crippen molar-refractivity contribution in [3.05, 3.63) is 59.4 Å². The molecule has 4 rings (SSSR count). The molecule has 0 bridgehead atoms. The van der Waals surface area contributed by atoms with Gasteiger partial charge in [0.05, 0.1) is 28.5 Å². The number of aryl methyl sites for hydroxylation is 1. The summed E-state index contributed by atoms with van der Waals surface area (Å²) in [7, 11) is 1.50. The van der Waals surface area contributed by atoms with Crippen molar-refractivity contribution >= 4 is 11.0 Å². The zero-order valence-corrected chi connectivity index (χ0v) is 18.0. The van der Waals surface area contributed by atoms with E-state index in [0.717, 1.165) is 30.2 Å². The predicted molar refractivity (Wildman–Crippen MR) is 111 cm³/mol. The quantitative estimate of drug-likeness (QED) is 0.481. The van der Waals surface area contributed by atoms with E-state index in [9.17, 15) is 26.3 Å². The van der Waals surface area contributed by atoms with Crippen molar-refractivity contribution in [1.82, 2.24) is 14.9 Å². The van der Waals surface area contributed by atoms with Crippen LogP contribution in [-0.4, -0.2) is 28.2 Å². The number of alkyl halides is 6. The predicted octanol–water partition coefficient (Wildman–Crippen LogP) is 5.91. The first-order valence-electron chi connectivity index (χ1n) is 10.5. The lowest BCUT2D eigenvalue weighted by molar-refractivity contribution is -0.138. The number of imidazole rings is 1. The molecule has 0 radical (unpaired) electrons. The SMILES string of the molecule is C[C@H]1C[C@@H](c2ccc(C(F)(F)F)cc2)C[C@@H](COc2cc(C(F)(F)F)c3c(c2)ncn3C)N1. The van der Waals surface area contributed by atoms with Crippen LogP contribution in [0.4, 0.5) is 26.3 Å². The minimum atomic E-state index is -4.56. The van der Waals surface area contributed by atoms with Gasteiger partial charge in [0.2, 0.25) is 0 Å². The molecule has 0 spiro atoms. The fourth-order valence-corrected chi connectivity index (χ4v) is 4.50. The Morgan fingerprint density at radius 1 is 1.03 bits per heavy atom. The van der Waals surface area contributed by atoms with E-state index < -0.39 is 23.5 Å². The lowest BCUT2D eigenvalue weighted by Gasteiger charge is -2.35. The molecule has 1 aliphatic heterocycles. The summed E-state index contributed by atoms with van der Waals surface area (Å²) in [5.74, 6) is 0.0840. The summed E-state index contributed by atoms with van der Waals surface area (Å²) >= 11 is 0. The number of hydrogen-bond donors (Lipinski definition) is 1. The van der Waals surface area contributed by atoms with Crippen LogP contribution < -0.4 is 10.1 Å². The Morgan fingerprint density at radius 2 is 1.73 bits per heavy atom. The standard InChI is InChI=1S/C23H23F6N3O/c1-13-7-15(14-3-5-16(6-4-14)22(24,25)26)8-17(31-13)11-33-18-9-19(23(27,28)29)21-20(10-18)30-12-32(21)2/h3-6,9-10,12-13,15,17,31H,7-8,11H2,1-2H3/t13-,15+,17-/m0/s1. The van der Waals surface area contributed by atoms with Gasteiger partial charge in [-0.2, -0.15) is 26.3 Å². The van der Waals surface area contributed by atoms with Gasteiger partial charge in [-0.3, -0.25) is 0 Å². The number of piperidine rings is 1. The normalized spacial score (nSPS) is 22.0. The number of ether oxygens (including phenoxy) is 1. The fraction of sp³-hybridized carbons (Fsp3) is 0.435. The van der Waals surface area contributed by atoms with Gasteiger partial charge in [0.25, 0.3) is 0 Å². The van der Waals surface area contributed by atoms with Crippen molar-refractivity contribution in [3.63, 3.8) is 0 Å². The molecule has 2 aromatic carbocycles. The van der Waals surface area contributed by atoms with Gasteiger partial charge in [-0.15, -0.1) is 0 Å². The molecule has 10 heteroatoms. The Hall–Kier alpha value is -2.75. The molecule has 33 heavy (non-hydrogen) atoms. The first-order chi connectivity index (χ1) is 15.4. The number of rotatable bonds is 4. The summed E-state index contributed by atoms with van der Waals surface area (Å²) in [5, 5.41) is 3.36. The van der Waals surface area contributed by atoms with Crippen LogP contribution in [0.2, 0.25) is 0 Å². The van der Waals surface area contributed by atoms with Gasteiger partial charge < -0.3 is 14.6 Å². The molecule has 1 fully saturated rings. The second kappa shape index (κ2) is 8.55. The van der Waals surface area contributed by atoms with Gasteiger partial charge in [0.1, 0.15) is 12.4 Å². The average molecular weight is 471 g/mol. The number of hydrogen-bond acceptors (Lipinski definition) is 3. The van der Waals surface area contributed by atoms with Gasteiger partial charge in [-0.1, -0.05) is 12.1 Å². The van der Waals surface area contributed by atoms with E-state index in [2.05, 4.69) is 10.3 Å².